The lowest BCUT2D eigenvalue weighted by Crippen LogP contribution is -2.44. The molecular formula is C15H16F2N2O4. The highest BCUT2D eigenvalue weighted by Gasteiger charge is 2.36. The quantitative estimate of drug-likeness (QED) is 0.860. The van der Waals surface area contributed by atoms with Crippen molar-refractivity contribution in [1.29, 1.82) is 0 Å². The second kappa shape index (κ2) is 6.72. The van der Waals surface area contributed by atoms with E-state index in [-0.39, 0.29) is 12.5 Å². The fraction of sp³-hybridized carbons (Fsp3) is 0.400. The van der Waals surface area contributed by atoms with Crippen LogP contribution in [0.3, 0.4) is 0 Å². The second-order valence-electron chi connectivity index (χ2n) is 5.43. The average Bonchev–Trinajstić information content (AvgIpc) is 2.88. The predicted molar refractivity (Wildman–Crippen MR) is 75.4 cm³/mol. The maximum Gasteiger partial charge on any atom is 0.414 e. The summed E-state index contributed by atoms with van der Waals surface area (Å²) < 4.78 is 26.5. The van der Waals surface area contributed by atoms with E-state index in [1.807, 2.05) is 0 Å². The number of imide groups is 1. The molecule has 1 heterocycles. The highest BCUT2D eigenvalue weighted by Crippen LogP contribution is 2.36. The molecule has 0 aliphatic carbocycles. The van der Waals surface area contributed by atoms with Crippen molar-refractivity contribution in [2.75, 3.05) is 6.54 Å². The van der Waals surface area contributed by atoms with Crippen molar-refractivity contribution >= 4 is 18.4 Å². The molecule has 3 amide bonds. The van der Waals surface area contributed by atoms with Gasteiger partial charge in [0.25, 0.3) is 0 Å². The Hall–Kier alpha value is -2.51. The van der Waals surface area contributed by atoms with Gasteiger partial charge in [0.15, 0.2) is 11.6 Å². The van der Waals surface area contributed by atoms with Gasteiger partial charge < -0.3 is 10.0 Å². The van der Waals surface area contributed by atoms with E-state index < -0.39 is 36.2 Å². The summed E-state index contributed by atoms with van der Waals surface area (Å²) in [7, 11) is 0. The SMILES string of the molecule is C[C@H]1CC[C@@H](c2ccc(F)c(F)c2)N1C(=O)CN(C=O)C(=O)O. The molecule has 0 bridgehead atoms. The Morgan fingerprint density at radius 2 is 2.04 bits per heavy atom. The Bertz CT molecular complexity index is 638. The van der Waals surface area contributed by atoms with Crippen LogP contribution in [0.2, 0.25) is 0 Å². The largest absolute Gasteiger partial charge is 0.465 e. The van der Waals surface area contributed by atoms with Crippen LogP contribution in [0, 0.1) is 11.6 Å². The predicted octanol–water partition coefficient (Wildman–Crippen LogP) is 2.15. The highest BCUT2D eigenvalue weighted by molar-refractivity contribution is 5.88. The molecule has 1 saturated heterocycles. The summed E-state index contributed by atoms with van der Waals surface area (Å²) in [6, 6.07) is 2.76. The van der Waals surface area contributed by atoms with Crippen molar-refractivity contribution in [3.63, 3.8) is 0 Å². The summed E-state index contributed by atoms with van der Waals surface area (Å²) in [5.41, 5.74) is 0.439. The van der Waals surface area contributed by atoms with Gasteiger partial charge in [0.2, 0.25) is 12.3 Å². The third-order valence-corrected chi connectivity index (χ3v) is 3.96. The number of hydrogen-bond donors (Lipinski definition) is 1. The van der Waals surface area contributed by atoms with Crippen LogP contribution in [0.15, 0.2) is 18.2 Å². The van der Waals surface area contributed by atoms with E-state index in [4.69, 9.17) is 5.11 Å². The summed E-state index contributed by atoms with van der Waals surface area (Å²) in [4.78, 5) is 35.6. The van der Waals surface area contributed by atoms with Crippen LogP contribution in [0.5, 0.6) is 0 Å². The summed E-state index contributed by atoms with van der Waals surface area (Å²) in [6.45, 7) is 1.17. The van der Waals surface area contributed by atoms with Crippen molar-refractivity contribution < 1.29 is 28.3 Å². The molecule has 0 saturated carbocycles. The third-order valence-electron chi connectivity index (χ3n) is 3.96. The fourth-order valence-corrected chi connectivity index (χ4v) is 2.83. The minimum absolute atomic E-state index is 0.0630. The molecule has 1 fully saturated rings. The van der Waals surface area contributed by atoms with Gasteiger partial charge in [-0.3, -0.25) is 9.59 Å². The first-order chi connectivity index (χ1) is 10.8. The number of hydrogen-bond acceptors (Lipinski definition) is 3. The van der Waals surface area contributed by atoms with Gasteiger partial charge in [0.05, 0.1) is 6.04 Å². The molecule has 1 aliphatic rings. The standard InChI is InChI=1S/C15H16F2N2O4/c1-9-2-5-13(10-3-4-11(16)12(17)6-10)19(9)14(21)7-18(8-20)15(22)23/h3-4,6,8-9,13H,2,5,7H2,1H3,(H,22,23)/t9-,13-/m0/s1. The van der Waals surface area contributed by atoms with Crippen LogP contribution in [0.1, 0.15) is 31.4 Å². The number of rotatable bonds is 4. The zero-order valence-corrected chi connectivity index (χ0v) is 12.4. The number of nitrogens with zero attached hydrogens (tertiary/aromatic N) is 2. The molecule has 1 aromatic rings. The van der Waals surface area contributed by atoms with Gasteiger partial charge in [-0.15, -0.1) is 0 Å². The number of carboxylic acid groups (broad SMARTS) is 1. The van der Waals surface area contributed by atoms with Gasteiger partial charge in [0, 0.05) is 6.04 Å². The maximum atomic E-state index is 13.4. The molecule has 0 spiro atoms. The van der Waals surface area contributed by atoms with Gasteiger partial charge in [-0.25, -0.2) is 18.5 Å². The average molecular weight is 326 g/mol. The number of amides is 3. The Balaban J connectivity index is 2.23. The zero-order valence-electron chi connectivity index (χ0n) is 12.4. The monoisotopic (exact) mass is 326 g/mol. The Morgan fingerprint density at radius 3 is 2.61 bits per heavy atom. The van der Waals surface area contributed by atoms with Crippen molar-refractivity contribution in [2.24, 2.45) is 0 Å². The van der Waals surface area contributed by atoms with E-state index >= 15 is 0 Å². The molecule has 2 atom stereocenters. The molecule has 6 nitrogen and oxygen atoms in total. The normalized spacial score (nSPS) is 20.4. The van der Waals surface area contributed by atoms with Crippen LogP contribution >= 0.6 is 0 Å². The van der Waals surface area contributed by atoms with Crippen LogP contribution in [-0.2, 0) is 9.59 Å². The smallest absolute Gasteiger partial charge is 0.414 e. The first-order valence-corrected chi connectivity index (χ1v) is 7.06. The van der Waals surface area contributed by atoms with Gasteiger partial charge >= 0.3 is 6.09 Å². The highest BCUT2D eigenvalue weighted by atomic mass is 19.2. The molecule has 124 valence electrons. The first-order valence-electron chi connectivity index (χ1n) is 7.06. The second-order valence-corrected chi connectivity index (χ2v) is 5.43. The van der Waals surface area contributed by atoms with Crippen LogP contribution < -0.4 is 0 Å². The van der Waals surface area contributed by atoms with Gasteiger partial charge in [0.1, 0.15) is 6.54 Å². The van der Waals surface area contributed by atoms with Gasteiger partial charge in [-0.2, -0.15) is 0 Å². The molecule has 23 heavy (non-hydrogen) atoms. The number of carbonyl (C=O) groups excluding carboxylic acids is 2. The topological polar surface area (TPSA) is 77.9 Å². The van der Waals surface area contributed by atoms with Crippen LogP contribution in [0.25, 0.3) is 0 Å². The van der Waals surface area contributed by atoms with E-state index in [9.17, 15) is 23.2 Å². The lowest BCUT2D eigenvalue weighted by atomic mass is 10.0. The summed E-state index contributed by atoms with van der Waals surface area (Å²) in [6.07, 6.45) is -0.270. The molecule has 8 heteroatoms. The van der Waals surface area contributed by atoms with E-state index in [1.165, 1.54) is 11.0 Å². The Kier molecular flexibility index (Phi) is 4.92. The van der Waals surface area contributed by atoms with Crippen molar-refractivity contribution in [1.82, 2.24) is 9.80 Å². The van der Waals surface area contributed by atoms with E-state index in [0.717, 1.165) is 12.1 Å². The molecule has 0 unspecified atom stereocenters. The minimum Gasteiger partial charge on any atom is -0.465 e. The molecular weight excluding hydrogens is 310 g/mol. The minimum atomic E-state index is -1.52. The van der Waals surface area contributed by atoms with Gasteiger partial charge in [-0.05, 0) is 37.5 Å². The molecule has 1 N–H and O–H groups in total. The lowest BCUT2D eigenvalue weighted by Gasteiger charge is -2.30. The number of benzene rings is 1. The van der Waals surface area contributed by atoms with Crippen molar-refractivity contribution in [3.05, 3.63) is 35.4 Å². The fourth-order valence-electron chi connectivity index (χ4n) is 2.83. The third kappa shape index (κ3) is 3.46. The Labute approximate surface area is 131 Å². The molecule has 2 rings (SSSR count). The summed E-state index contributed by atoms with van der Waals surface area (Å²) in [5, 5.41) is 8.81. The molecule has 1 aliphatic heterocycles. The zero-order chi connectivity index (χ0) is 17.1. The van der Waals surface area contributed by atoms with E-state index in [2.05, 4.69) is 0 Å². The number of likely N-dealkylation sites (tertiary alicyclic amines) is 1. The number of halogens is 2. The van der Waals surface area contributed by atoms with Crippen molar-refractivity contribution in [2.45, 2.75) is 31.8 Å². The first kappa shape index (κ1) is 16.9. The van der Waals surface area contributed by atoms with E-state index in [1.54, 1.807) is 6.92 Å². The van der Waals surface area contributed by atoms with Gasteiger partial charge in [-0.1, -0.05) is 6.07 Å². The van der Waals surface area contributed by atoms with E-state index in [0.29, 0.717) is 23.3 Å². The van der Waals surface area contributed by atoms with Crippen molar-refractivity contribution in [3.8, 4) is 0 Å². The summed E-state index contributed by atoms with van der Waals surface area (Å²) in [5.74, 6) is -2.54. The molecule has 0 aromatic heterocycles. The summed E-state index contributed by atoms with van der Waals surface area (Å²) >= 11 is 0. The van der Waals surface area contributed by atoms with Crippen LogP contribution in [-0.4, -0.2) is 45.9 Å². The number of carbonyl (C=O) groups is 3. The molecule has 0 radical (unpaired) electrons. The maximum absolute atomic E-state index is 13.4. The Morgan fingerprint density at radius 1 is 1.35 bits per heavy atom. The van der Waals surface area contributed by atoms with Crippen LogP contribution in [0.4, 0.5) is 13.6 Å². The lowest BCUT2D eigenvalue weighted by molar-refractivity contribution is -0.137. The molecule has 1 aromatic carbocycles.